The van der Waals surface area contributed by atoms with E-state index >= 15 is 0 Å². The number of nitrogens with zero attached hydrogens (tertiary/aromatic N) is 2. The fourth-order valence-electron chi connectivity index (χ4n) is 2.01. The summed E-state index contributed by atoms with van der Waals surface area (Å²) >= 11 is 0. The van der Waals surface area contributed by atoms with Gasteiger partial charge in [0, 0.05) is 12.4 Å². The Hall–Kier alpha value is -2.14. The monoisotopic (exact) mass is 273 g/mol. The Morgan fingerprint density at radius 1 is 1.35 bits per heavy atom. The van der Waals surface area contributed by atoms with Gasteiger partial charge in [-0.3, -0.25) is 9.48 Å². The molecular formula is C15H19N3O2. The van der Waals surface area contributed by atoms with Gasteiger partial charge in [-0.15, -0.1) is 0 Å². The highest BCUT2D eigenvalue weighted by Crippen LogP contribution is 2.06. The summed E-state index contributed by atoms with van der Waals surface area (Å²) in [5, 5.41) is 16.3. The molecule has 0 saturated heterocycles. The second kappa shape index (κ2) is 6.86. The molecule has 2 rings (SSSR count). The Balaban J connectivity index is 1.94. The van der Waals surface area contributed by atoms with E-state index in [0.29, 0.717) is 6.42 Å². The van der Waals surface area contributed by atoms with E-state index in [1.165, 1.54) is 0 Å². The summed E-state index contributed by atoms with van der Waals surface area (Å²) in [4.78, 5) is 12.1. The van der Waals surface area contributed by atoms with Gasteiger partial charge in [0.1, 0.15) is 6.04 Å². The van der Waals surface area contributed by atoms with Gasteiger partial charge < -0.3 is 10.4 Å². The molecule has 1 unspecified atom stereocenters. The average Bonchev–Trinajstić information content (AvgIpc) is 3.01. The first-order chi connectivity index (χ1) is 9.70. The quantitative estimate of drug-likeness (QED) is 0.830. The van der Waals surface area contributed by atoms with Crippen LogP contribution in [0.4, 0.5) is 0 Å². The second-order valence-corrected chi connectivity index (χ2v) is 4.74. The topological polar surface area (TPSA) is 67.2 Å². The van der Waals surface area contributed by atoms with Gasteiger partial charge in [0.05, 0.1) is 12.6 Å². The number of benzene rings is 1. The van der Waals surface area contributed by atoms with Crippen molar-refractivity contribution in [2.75, 3.05) is 6.61 Å². The predicted octanol–water partition coefficient (Wildman–Crippen LogP) is 1.16. The Labute approximate surface area is 118 Å². The van der Waals surface area contributed by atoms with E-state index in [1.54, 1.807) is 30.1 Å². The predicted molar refractivity (Wildman–Crippen MR) is 76.1 cm³/mol. The maximum absolute atomic E-state index is 12.1. The number of aliphatic hydroxyl groups excluding tert-OH is 1. The summed E-state index contributed by atoms with van der Waals surface area (Å²) in [5.74, 6) is -0.149. The number of aliphatic hydroxyl groups is 1. The molecule has 0 bridgehead atoms. The maximum atomic E-state index is 12.1. The molecule has 5 heteroatoms. The number of amides is 1. The van der Waals surface area contributed by atoms with Crippen LogP contribution in [0.25, 0.3) is 0 Å². The van der Waals surface area contributed by atoms with Gasteiger partial charge in [0.2, 0.25) is 5.91 Å². The minimum Gasteiger partial charge on any atom is -0.394 e. The lowest BCUT2D eigenvalue weighted by Crippen LogP contribution is -2.42. The first-order valence-electron chi connectivity index (χ1n) is 6.65. The van der Waals surface area contributed by atoms with Gasteiger partial charge in [-0.05, 0) is 25.0 Å². The van der Waals surface area contributed by atoms with E-state index in [2.05, 4.69) is 10.4 Å². The minimum absolute atomic E-state index is 0.0908. The molecule has 0 aliphatic rings. The van der Waals surface area contributed by atoms with Crippen molar-refractivity contribution < 1.29 is 9.90 Å². The molecule has 20 heavy (non-hydrogen) atoms. The van der Waals surface area contributed by atoms with E-state index in [1.807, 2.05) is 30.3 Å². The molecule has 2 atom stereocenters. The molecule has 106 valence electrons. The summed E-state index contributed by atoms with van der Waals surface area (Å²) < 4.78 is 1.59. The number of aromatic nitrogens is 2. The molecule has 1 heterocycles. The molecule has 0 aliphatic heterocycles. The third-order valence-electron chi connectivity index (χ3n) is 3.19. The van der Waals surface area contributed by atoms with Gasteiger partial charge in [-0.25, -0.2) is 0 Å². The molecule has 0 radical (unpaired) electrons. The molecule has 1 aromatic carbocycles. The summed E-state index contributed by atoms with van der Waals surface area (Å²) in [6.45, 7) is 1.69. The van der Waals surface area contributed by atoms with Crippen LogP contribution in [-0.2, 0) is 11.2 Å². The van der Waals surface area contributed by atoms with Crippen molar-refractivity contribution in [3.05, 3.63) is 54.4 Å². The zero-order valence-corrected chi connectivity index (χ0v) is 11.4. The summed E-state index contributed by atoms with van der Waals surface area (Å²) in [6.07, 6.45) is 3.99. The van der Waals surface area contributed by atoms with E-state index in [4.69, 9.17) is 0 Å². The third-order valence-corrected chi connectivity index (χ3v) is 3.19. The Bertz CT molecular complexity index is 525. The van der Waals surface area contributed by atoms with Crippen LogP contribution in [0.1, 0.15) is 18.5 Å². The van der Waals surface area contributed by atoms with E-state index < -0.39 is 6.04 Å². The second-order valence-electron chi connectivity index (χ2n) is 4.74. The number of hydrogen-bond donors (Lipinski definition) is 2. The smallest absolute Gasteiger partial charge is 0.244 e. The first-order valence-corrected chi connectivity index (χ1v) is 6.65. The summed E-state index contributed by atoms with van der Waals surface area (Å²) in [7, 11) is 0. The van der Waals surface area contributed by atoms with Crippen LogP contribution in [0, 0.1) is 0 Å². The Kier molecular flexibility index (Phi) is 4.90. The van der Waals surface area contributed by atoms with Crippen LogP contribution in [-0.4, -0.2) is 33.4 Å². The molecular weight excluding hydrogens is 254 g/mol. The SMILES string of the molecule is CC(C(=O)N[C@H](CO)Cc1ccccc1)n1cccn1. The first kappa shape index (κ1) is 14.3. The van der Waals surface area contributed by atoms with Crippen molar-refractivity contribution >= 4 is 5.91 Å². The van der Waals surface area contributed by atoms with Gasteiger partial charge in [-0.1, -0.05) is 30.3 Å². The van der Waals surface area contributed by atoms with Crippen LogP contribution in [0.5, 0.6) is 0 Å². The van der Waals surface area contributed by atoms with Crippen molar-refractivity contribution in [1.29, 1.82) is 0 Å². The summed E-state index contributed by atoms with van der Waals surface area (Å²) in [5.41, 5.74) is 1.08. The molecule has 5 nitrogen and oxygen atoms in total. The molecule has 2 N–H and O–H groups in total. The number of carbonyl (C=O) groups is 1. The minimum atomic E-state index is -0.394. The normalized spacial score (nSPS) is 13.7. The van der Waals surface area contributed by atoms with Crippen molar-refractivity contribution in [3.8, 4) is 0 Å². The van der Waals surface area contributed by atoms with Crippen molar-refractivity contribution in [3.63, 3.8) is 0 Å². The van der Waals surface area contributed by atoms with E-state index in [9.17, 15) is 9.90 Å². The third kappa shape index (κ3) is 3.68. The Morgan fingerprint density at radius 3 is 2.70 bits per heavy atom. The highest BCUT2D eigenvalue weighted by atomic mass is 16.3. The fraction of sp³-hybridized carbons (Fsp3) is 0.333. The molecule has 0 aliphatic carbocycles. The lowest BCUT2D eigenvalue weighted by Gasteiger charge is -2.19. The fourth-order valence-corrected chi connectivity index (χ4v) is 2.01. The van der Waals surface area contributed by atoms with Crippen LogP contribution < -0.4 is 5.32 Å². The van der Waals surface area contributed by atoms with Gasteiger partial charge in [-0.2, -0.15) is 5.10 Å². The van der Waals surface area contributed by atoms with Crippen LogP contribution in [0.3, 0.4) is 0 Å². The molecule has 1 aromatic heterocycles. The Morgan fingerprint density at radius 2 is 2.10 bits per heavy atom. The molecule has 0 spiro atoms. The van der Waals surface area contributed by atoms with Crippen LogP contribution in [0.2, 0.25) is 0 Å². The number of carbonyl (C=O) groups excluding carboxylic acids is 1. The molecule has 1 amide bonds. The van der Waals surface area contributed by atoms with Crippen molar-refractivity contribution in [2.24, 2.45) is 0 Å². The zero-order chi connectivity index (χ0) is 14.4. The largest absolute Gasteiger partial charge is 0.394 e. The van der Waals surface area contributed by atoms with Crippen molar-refractivity contribution in [1.82, 2.24) is 15.1 Å². The standard InChI is InChI=1S/C15H19N3O2/c1-12(18-9-5-8-16-18)15(20)17-14(11-19)10-13-6-3-2-4-7-13/h2-9,12,14,19H,10-11H2,1H3,(H,17,20)/t12?,14-/m0/s1. The lowest BCUT2D eigenvalue weighted by molar-refractivity contribution is -0.125. The lowest BCUT2D eigenvalue weighted by atomic mass is 10.1. The highest BCUT2D eigenvalue weighted by molar-refractivity contribution is 5.80. The average molecular weight is 273 g/mol. The van der Waals surface area contributed by atoms with Gasteiger partial charge in [0.15, 0.2) is 0 Å². The molecule has 0 saturated carbocycles. The van der Waals surface area contributed by atoms with E-state index in [0.717, 1.165) is 5.56 Å². The van der Waals surface area contributed by atoms with Crippen molar-refractivity contribution in [2.45, 2.75) is 25.4 Å². The van der Waals surface area contributed by atoms with E-state index in [-0.39, 0.29) is 18.6 Å². The molecule has 2 aromatic rings. The summed E-state index contributed by atoms with van der Waals surface area (Å²) in [6, 6.07) is 10.9. The molecule has 0 fully saturated rings. The number of hydrogen-bond acceptors (Lipinski definition) is 3. The highest BCUT2D eigenvalue weighted by Gasteiger charge is 2.18. The maximum Gasteiger partial charge on any atom is 0.244 e. The number of rotatable bonds is 6. The zero-order valence-electron chi connectivity index (χ0n) is 11.4. The van der Waals surface area contributed by atoms with Gasteiger partial charge >= 0.3 is 0 Å². The van der Waals surface area contributed by atoms with Crippen LogP contribution >= 0.6 is 0 Å². The number of nitrogens with one attached hydrogen (secondary N) is 1. The van der Waals surface area contributed by atoms with Crippen LogP contribution in [0.15, 0.2) is 48.8 Å². The van der Waals surface area contributed by atoms with Gasteiger partial charge in [0.25, 0.3) is 0 Å².